The molecule has 1 amide bonds. The quantitative estimate of drug-likeness (QED) is 0.686. The summed E-state index contributed by atoms with van der Waals surface area (Å²) in [4.78, 5) is 12.7. The molecule has 0 spiro atoms. The summed E-state index contributed by atoms with van der Waals surface area (Å²) in [5.41, 5.74) is 0.949. The second kappa shape index (κ2) is 5.47. The Morgan fingerprint density at radius 3 is 2.71 bits per heavy atom. The molecule has 0 saturated heterocycles. The molecule has 2 aromatic carbocycles. The normalized spacial score (nSPS) is 10.8. The minimum Gasteiger partial charge on any atom is -0.319 e. The molecule has 0 fully saturated rings. The third kappa shape index (κ3) is 2.64. The summed E-state index contributed by atoms with van der Waals surface area (Å²) in [7, 11) is 0. The van der Waals surface area contributed by atoms with E-state index in [0.717, 1.165) is 15.6 Å². The number of anilines is 1. The highest BCUT2D eigenvalue weighted by atomic mass is 35.5. The van der Waals surface area contributed by atoms with E-state index in [9.17, 15) is 9.18 Å². The molecule has 0 atom stereocenters. The van der Waals surface area contributed by atoms with Crippen molar-refractivity contribution in [3.8, 4) is 0 Å². The molecule has 0 radical (unpaired) electrons. The highest BCUT2D eigenvalue weighted by molar-refractivity contribution is 7.21. The molecule has 0 bridgehead atoms. The van der Waals surface area contributed by atoms with Crippen LogP contribution in [0.5, 0.6) is 0 Å². The number of thiophene rings is 1. The van der Waals surface area contributed by atoms with Crippen molar-refractivity contribution in [3.05, 3.63) is 63.7 Å². The minimum atomic E-state index is -0.458. The number of aryl methyl sites for hydroxylation is 1. The van der Waals surface area contributed by atoms with Gasteiger partial charge in [-0.2, -0.15) is 0 Å². The molecule has 1 heterocycles. The van der Waals surface area contributed by atoms with Gasteiger partial charge in [-0.3, -0.25) is 4.79 Å². The van der Waals surface area contributed by atoms with Gasteiger partial charge >= 0.3 is 0 Å². The van der Waals surface area contributed by atoms with E-state index in [1.165, 1.54) is 17.4 Å². The van der Waals surface area contributed by atoms with Crippen molar-refractivity contribution >= 4 is 44.6 Å². The molecule has 0 saturated carbocycles. The number of benzene rings is 2. The van der Waals surface area contributed by atoms with Gasteiger partial charge in [0.2, 0.25) is 0 Å². The Labute approximate surface area is 130 Å². The predicted octanol–water partition coefficient (Wildman–Crippen LogP) is 5.25. The largest absolute Gasteiger partial charge is 0.319 e. The van der Waals surface area contributed by atoms with E-state index in [0.29, 0.717) is 9.90 Å². The second-order valence-corrected chi connectivity index (χ2v) is 6.11. The summed E-state index contributed by atoms with van der Waals surface area (Å²) in [5, 5.41) is 3.80. The van der Waals surface area contributed by atoms with Crippen LogP contribution >= 0.6 is 22.9 Å². The fourth-order valence-corrected chi connectivity index (χ4v) is 3.47. The maximum Gasteiger partial charge on any atom is 0.267 e. The summed E-state index contributed by atoms with van der Waals surface area (Å²) in [6, 6.07) is 12.2. The van der Waals surface area contributed by atoms with Gasteiger partial charge < -0.3 is 5.32 Å². The first kappa shape index (κ1) is 14.0. The zero-order chi connectivity index (χ0) is 15.0. The molecule has 21 heavy (non-hydrogen) atoms. The number of hydrogen-bond acceptors (Lipinski definition) is 2. The van der Waals surface area contributed by atoms with Crippen molar-refractivity contribution in [1.82, 2.24) is 0 Å². The number of carbonyl (C=O) groups excluding carboxylic acids is 1. The smallest absolute Gasteiger partial charge is 0.267 e. The molecule has 3 aromatic rings. The van der Waals surface area contributed by atoms with Crippen molar-refractivity contribution in [1.29, 1.82) is 0 Å². The number of fused-ring (bicyclic) bond motifs is 1. The summed E-state index contributed by atoms with van der Waals surface area (Å²) in [6.07, 6.45) is 0. The number of nitrogens with one attached hydrogen (secondary N) is 1. The lowest BCUT2D eigenvalue weighted by molar-refractivity contribution is 0.103. The van der Waals surface area contributed by atoms with E-state index < -0.39 is 11.7 Å². The van der Waals surface area contributed by atoms with Crippen molar-refractivity contribution in [3.63, 3.8) is 0 Å². The van der Waals surface area contributed by atoms with Gasteiger partial charge in [0.05, 0.1) is 10.7 Å². The van der Waals surface area contributed by atoms with Crippen LogP contribution in [-0.2, 0) is 0 Å². The lowest BCUT2D eigenvalue weighted by Gasteiger charge is -2.06. The Balaban J connectivity index is 1.95. The van der Waals surface area contributed by atoms with Crippen LogP contribution in [-0.4, -0.2) is 5.91 Å². The van der Waals surface area contributed by atoms with Crippen LogP contribution in [0.4, 0.5) is 10.1 Å². The summed E-state index contributed by atoms with van der Waals surface area (Å²) < 4.78 is 14.7. The lowest BCUT2D eigenvalue weighted by Crippen LogP contribution is -2.11. The van der Waals surface area contributed by atoms with Crippen molar-refractivity contribution in [2.24, 2.45) is 0 Å². The zero-order valence-electron chi connectivity index (χ0n) is 11.1. The van der Waals surface area contributed by atoms with E-state index in [2.05, 4.69) is 5.32 Å². The predicted molar refractivity (Wildman–Crippen MR) is 85.9 cm³/mol. The Hall–Kier alpha value is -1.91. The van der Waals surface area contributed by atoms with Gasteiger partial charge in [-0.05, 0) is 30.7 Å². The number of halogens is 2. The van der Waals surface area contributed by atoms with Crippen molar-refractivity contribution in [2.75, 3.05) is 5.32 Å². The van der Waals surface area contributed by atoms with Gasteiger partial charge in [-0.15, -0.1) is 11.3 Å². The first-order valence-corrected chi connectivity index (χ1v) is 7.50. The van der Waals surface area contributed by atoms with E-state index in [1.54, 1.807) is 19.1 Å². The molecule has 0 unspecified atom stereocenters. The number of carbonyl (C=O) groups is 1. The first-order chi connectivity index (χ1) is 10.1. The molecule has 1 aromatic heterocycles. The fraction of sp³-hybridized carbons (Fsp3) is 0.0625. The summed E-state index contributed by atoms with van der Waals surface area (Å²) in [6.45, 7) is 1.79. The second-order valence-electron chi connectivity index (χ2n) is 4.68. The van der Waals surface area contributed by atoms with Crippen LogP contribution in [0.1, 0.15) is 15.2 Å². The fourth-order valence-electron chi connectivity index (χ4n) is 2.06. The standard InChI is InChI=1S/C16H11ClFNOS/c1-9-6-7-12(11(18)8-9)19-16(20)15-14(17)10-4-2-3-5-13(10)21-15/h2-8H,1H3,(H,19,20). The van der Waals surface area contributed by atoms with Gasteiger partial charge in [0.15, 0.2) is 0 Å². The molecule has 2 nitrogen and oxygen atoms in total. The summed E-state index contributed by atoms with van der Waals surface area (Å²) in [5.74, 6) is -0.857. The average Bonchev–Trinajstić information content (AvgIpc) is 2.80. The lowest BCUT2D eigenvalue weighted by atomic mass is 10.2. The van der Waals surface area contributed by atoms with Gasteiger partial charge in [0.1, 0.15) is 10.7 Å². The van der Waals surface area contributed by atoms with Crippen LogP contribution in [0.2, 0.25) is 5.02 Å². The maximum atomic E-state index is 13.8. The molecular formula is C16H11ClFNOS. The molecular weight excluding hydrogens is 309 g/mol. The highest BCUT2D eigenvalue weighted by Gasteiger charge is 2.18. The van der Waals surface area contributed by atoms with Crippen LogP contribution in [0.3, 0.4) is 0 Å². The van der Waals surface area contributed by atoms with E-state index in [4.69, 9.17) is 11.6 Å². The molecule has 1 N–H and O–H groups in total. The molecule has 0 aliphatic rings. The summed E-state index contributed by atoms with van der Waals surface area (Å²) >= 11 is 7.53. The van der Waals surface area contributed by atoms with E-state index >= 15 is 0 Å². The Kier molecular flexibility index (Phi) is 3.66. The molecule has 5 heteroatoms. The molecule has 106 valence electrons. The van der Waals surface area contributed by atoms with Crippen molar-refractivity contribution < 1.29 is 9.18 Å². The number of hydrogen-bond donors (Lipinski definition) is 1. The topological polar surface area (TPSA) is 29.1 Å². The van der Waals surface area contributed by atoms with Crippen LogP contribution in [0.15, 0.2) is 42.5 Å². The third-order valence-corrected chi connectivity index (χ3v) is 4.79. The number of rotatable bonds is 2. The molecule has 0 aliphatic heterocycles. The van der Waals surface area contributed by atoms with Crippen molar-refractivity contribution in [2.45, 2.75) is 6.92 Å². The van der Waals surface area contributed by atoms with Gasteiger partial charge in [-0.25, -0.2) is 4.39 Å². The Bertz CT molecular complexity index is 843. The number of amides is 1. The minimum absolute atomic E-state index is 0.152. The van der Waals surface area contributed by atoms with E-state index in [-0.39, 0.29) is 5.69 Å². The van der Waals surface area contributed by atoms with Crippen LogP contribution in [0, 0.1) is 12.7 Å². The van der Waals surface area contributed by atoms with Crippen LogP contribution < -0.4 is 5.32 Å². The first-order valence-electron chi connectivity index (χ1n) is 6.31. The maximum absolute atomic E-state index is 13.8. The Morgan fingerprint density at radius 2 is 2.00 bits per heavy atom. The molecule has 0 aliphatic carbocycles. The third-order valence-electron chi connectivity index (χ3n) is 3.11. The monoisotopic (exact) mass is 319 g/mol. The van der Waals surface area contributed by atoms with Crippen LogP contribution in [0.25, 0.3) is 10.1 Å². The average molecular weight is 320 g/mol. The van der Waals surface area contributed by atoms with Gasteiger partial charge in [0.25, 0.3) is 5.91 Å². The Morgan fingerprint density at radius 1 is 1.24 bits per heavy atom. The molecule has 3 rings (SSSR count). The zero-order valence-corrected chi connectivity index (χ0v) is 12.7. The highest BCUT2D eigenvalue weighted by Crippen LogP contribution is 2.35. The van der Waals surface area contributed by atoms with E-state index in [1.807, 2.05) is 24.3 Å². The van der Waals surface area contributed by atoms with Gasteiger partial charge in [-0.1, -0.05) is 35.9 Å². The van der Waals surface area contributed by atoms with Gasteiger partial charge in [0, 0.05) is 10.1 Å². The SMILES string of the molecule is Cc1ccc(NC(=O)c2sc3ccccc3c2Cl)c(F)c1.